The van der Waals surface area contributed by atoms with Crippen LogP contribution >= 0.6 is 0 Å². The third-order valence-corrected chi connectivity index (χ3v) is 2.57. The van der Waals surface area contributed by atoms with Gasteiger partial charge in [0.2, 0.25) is 5.82 Å². The lowest BCUT2D eigenvalue weighted by Gasteiger charge is -2.10. The van der Waals surface area contributed by atoms with Gasteiger partial charge in [0.05, 0.1) is 22.6 Å². The molecule has 1 atom stereocenters. The molecule has 0 bridgehead atoms. The second kappa shape index (κ2) is 5.56. The smallest absolute Gasteiger partial charge is 0.307 e. The van der Waals surface area contributed by atoms with E-state index in [-0.39, 0.29) is 5.82 Å². The lowest BCUT2D eigenvalue weighted by molar-refractivity contribution is -0.387. The van der Waals surface area contributed by atoms with Crippen LogP contribution in [-0.2, 0) is 0 Å². The molecule has 0 spiro atoms. The second-order valence-electron chi connectivity index (χ2n) is 4.01. The summed E-state index contributed by atoms with van der Waals surface area (Å²) < 4.78 is 27.1. The van der Waals surface area contributed by atoms with Crippen LogP contribution in [-0.4, -0.2) is 31.5 Å². The summed E-state index contributed by atoms with van der Waals surface area (Å²) in [6, 6.07) is 0.101. The van der Waals surface area contributed by atoms with Gasteiger partial charge in [-0.2, -0.15) is 9.60 Å². The van der Waals surface area contributed by atoms with Crippen LogP contribution in [0.1, 0.15) is 29.1 Å². The highest BCUT2D eigenvalue weighted by Gasteiger charge is 2.23. The minimum atomic E-state index is -1.31. The summed E-state index contributed by atoms with van der Waals surface area (Å²) >= 11 is 0. The van der Waals surface area contributed by atoms with Crippen LogP contribution < -0.4 is 5.32 Å². The van der Waals surface area contributed by atoms with Gasteiger partial charge in [0, 0.05) is 0 Å². The van der Waals surface area contributed by atoms with Crippen LogP contribution in [0.4, 0.5) is 14.5 Å². The normalized spacial score (nSPS) is 12.0. The summed E-state index contributed by atoms with van der Waals surface area (Å²) in [7, 11) is 0. The number of aromatic nitrogens is 4. The van der Waals surface area contributed by atoms with Crippen LogP contribution in [0.2, 0.25) is 0 Å². The quantitative estimate of drug-likeness (QED) is 0.637. The van der Waals surface area contributed by atoms with Crippen molar-refractivity contribution in [1.29, 1.82) is 0 Å². The topological polar surface area (TPSA) is 127 Å². The monoisotopic (exact) mass is 298 g/mol. The van der Waals surface area contributed by atoms with Crippen LogP contribution in [0.3, 0.4) is 0 Å². The molecule has 0 aliphatic heterocycles. The molecular formula is C10H8F2N6O3. The SMILES string of the molecule is CC(NC(=O)c1cc(F)c([N+](=O)[O-])cc1F)c1nn[nH]n1. The minimum absolute atomic E-state index is 0.145. The van der Waals surface area contributed by atoms with E-state index >= 15 is 0 Å². The lowest BCUT2D eigenvalue weighted by atomic mass is 10.1. The molecule has 2 aromatic rings. The molecule has 9 nitrogen and oxygen atoms in total. The van der Waals surface area contributed by atoms with Gasteiger partial charge in [-0.15, -0.1) is 10.2 Å². The van der Waals surface area contributed by atoms with E-state index in [1.165, 1.54) is 6.92 Å². The maximum Gasteiger partial charge on any atom is 0.307 e. The van der Waals surface area contributed by atoms with Crippen molar-refractivity contribution in [3.63, 3.8) is 0 Å². The van der Waals surface area contributed by atoms with Gasteiger partial charge >= 0.3 is 5.69 Å². The fourth-order valence-corrected chi connectivity index (χ4v) is 1.54. The lowest BCUT2D eigenvalue weighted by Crippen LogP contribution is -2.28. The second-order valence-corrected chi connectivity index (χ2v) is 4.01. The summed E-state index contributed by atoms with van der Waals surface area (Å²) in [5.41, 5.74) is -1.70. The summed E-state index contributed by atoms with van der Waals surface area (Å²) in [6.45, 7) is 1.50. The predicted molar refractivity (Wildman–Crippen MR) is 63.1 cm³/mol. The molecule has 0 radical (unpaired) electrons. The molecule has 1 aromatic heterocycles. The fraction of sp³-hybridized carbons (Fsp3) is 0.200. The van der Waals surface area contributed by atoms with Gasteiger partial charge in [-0.25, -0.2) is 4.39 Å². The first kappa shape index (κ1) is 14.4. The molecule has 21 heavy (non-hydrogen) atoms. The maximum atomic E-state index is 13.7. The van der Waals surface area contributed by atoms with E-state index in [9.17, 15) is 23.7 Å². The molecule has 0 aliphatic rings. The molecule has 0 saturated heterocycles. The van der Waals surface area contributed by atoms with Gasteiger partial charge in [0.15, 0.2) is 5.82 Å². The number of carbonyl (C=O) groups excluding carboxylic acids is 1. The Morgan fingerprint density at radius 3 is 2.71 bits per heavy atom. The van der Waals surface area contributed by atoms with Crippen LogP contribution in [0.5, 0.6) is 0 Å². The molecule has 110 valence electrons. The zero-order valence-electron chi connectivity index (χ0n) is 10.5. The van der Waals surface area contributed by atoms with Crippen molar-refractivity contribution in [2.45, 2.75) is 13.0 Å². The van der Waals surface area contributed by atoms with Gasteiger partial charge in [0.1, 0.15) is 5.82 Å². The number of nitrogens with one attached hydrogen (secondary N) is 2. The van der Waals surface area contributed by atoms with Crippen molar-refractivity contribution >= 4 is 11.6 Å². The van der Waals surface area contributed by atoms with Crippen molar-refractivity contribution in [3.05, 3.63) is 45.3 Å². The van der Waals surface area contributed by atoms with E-state index in [0.29, 0.717) is 12.1 Å². The number of amides is 1. The Balaban J connectivity index is 2.24. The van der Waals surface area contributed by atoms with Gasteiger partial charge in [0.25, 0.3) is 5.91 Å². The molecule has 2 N–H and O–H groups in total. The third kappa shape index (κ3) is 2.96. The largest absolute Gasteiger partial charge is 0.342 e. The number of carbonyl (C=O) groups is 1. The number of benzene rings is 1. The minimum Gasteiger partial charge on any atom is -0.342 e. The maximum absolute atomic E-state index is 13.7. The molecule has 1 amide bonds. The number of halogens is 2. The van der Waals surface area contributed by atoms with E-state index in [4.69, 9.17) is 0 Å². The van der Waals surface area contributed by atoms with Gasteiger partial charge in [-0.3, -0.25) is 14.9 Å². The predicted octanol–water partition coefficient (Wildman–Crippen LogP) is 0.877. The molecule has 0 saturated carbocycles. The van der Waals surface area contributed by atoms with Crippen molar-refractivity contribution in [2.24, 2.45) is 0 Å². The van der Waals surface area contributed by atoms with Gasteiger partial charge in [-0.1, -0.05) is 5.21 Å². The summed E-state index contributed by atoms with van der Waals surface area (Å²) in [5, 5.41) is 25.5. The average Bonchev–Trinajstić information content (AvgIpc) is 2.94. The molecule has 11 heteroatoms. The molecule has 0 fully saturated rings. The number of nitro benzene ring substituents is 1. The number of tetrazole rings is 1. The van der Waals surface area contributed by atoms with E-state index < -0.39 is 39.8 Å². The van der Waals surface area contributed by atoms with Crippen molar-refractivity contribution in [3.8, 4) is 0 Å². The Hall–Kier alpha value is -2.98. The summed E-state index contributed by atoms with van der Waals surface area (Å²) in [6.07, 6.45) is 0. The number of H-pyrrole nitrogens is 1. The number of aromatic amines is 1. The molecule has 1 unspecified atom stereocenters. The standard InChI is InChI=1S/C10H8F2N6O3/c1-4(9-14-16-17-15-9)13-10(19)5-2-7(12)8(18(20)21)3-6(5)11/h2-4H,1H3,(H,13,19)(H,14,15,16,17). The first-order valence-electron chi connectivity index (χ1n) is 5.57. The Morgan fingerprint density at radius 2 is 2.14 bits per heavy atom. The number of rotatable bonds is 4. The van der Waals surface area contributed by atoms with Crippen LogP contribution in [0.15, 0.2) is 12.1 Å². The summed E-state index contributed by atoms with van der Waals surface area (Å²) in [4.78, 5) is 21.2. The first-order valence-corrected chi connectivity index (χ1v) is 5.57. The van der Waals surface area contributed by atoms with E-state index in [0.717, 1.165) is 0 Å². The number of hydrogen-bond donors (Lipinski definition) is 2. The Bertz CT molecular complexity index is 690. The third-order valence-electron chi connectivity index (χ3n) is 2.57. The molecule has 2 rings (SSSR count). The number of hydrogen-bond acceptors (Lipinski definition) is 6. The Kier molecular flexibility index (Phi) is 3.82. The molecule has 0 aliphatic carbocycles. The Labute approximate surface area is 115 Å². The molecular weight excluding hydrogens is 290 g/mol. The zero-order chi connectivity index (χ0) is 15.6. The fourth-order valence-electron chi connectivity index (χ4n) is 1.54. The van der Waals surface area contributed by atoms with Crippen LogP contribution in [0, 0.1) is 21.7 Å². The van der Waals surface area contributed by atoms with Gasteiger partial charge in [-0.05, 0) is 13.0 Å². The summed E-state index contributed by atoms with van der Waals surface area (Å²) in [5.74, 6) is -3.33. The van der Waals surface area contributed by atoms with Crippen LogP contribution in [0.25, 0.3) is 0 Å². The van der Waals surface area contributed by atoms with E-state index in [1.54, 1.807) is 0 Å². The number of nitro groups is 1. The average molecular weight is 298 g/mol. The van der Waals surface area contributed by atoms with Gasteiger partial charge < -0.3 is 5.32 Å². The van der Waals surface area contributed by atoms with Crippen molar-refractivity contribution in [2.75, 3.05) is 0 Å². The number of nitrogens with zero attached hydrogens (tertiary/aromatic N) is 4. The molecule has 1 heterocycles. The van der Waals surface area contributed by atoms with Crippen molar-refractivity contribution in [1.82, 2.24) is 25.9 Å². The van der Waals surface area contributed by atoms with E-state index in [2.05, 4.69) is 25.9 Å². The highest BCUT2D eigenvalue weighted by molar-refractivity contribution is 5.95. The highest BCUT2D eigenvalue weighted by atomic mass is 19.1. The zero-order valence-corrected chi connectivity index (χ0v) is 10.5. The first-order chi connectivity index (χ1) is 9.90. The van der Waals surface area contributed by atoms with Crippen molar-refractivity contribution < 1.29 is 18.5 Å². The molecule has 1 aromatic carbocycles. The van der Waals surface area contributed by atoms with E-state index in [1.807, 2.05) is 0 Å². The highest BCUT2D eigenvalue weighted by Crippen LogP contribution is 2.21. The Morgan fingerprint density at radius 1 is 1.43 bits per heavy atom.